The Hall–Kier alpha value is -2.73. The molecule has 1 atom stereocenters. The van der Waals surface area contributed by atoms with Gasteiger partial charge in [0.25, 0.3) is 0 Å². The molecule has 6 heteroatoms. The zero-order chi connectivity index (χ0) is 17.2. The van der Waals surface area contributed by atoms with Gasteiger partial charge in [0.2, 0.25) is 0 Å². The first-order valence-corrected chi connectivity index (χ1v) is 8.30. The van der Waals surface area contributed by atoms with Gasteiger partial charge in [-0.25, -0.2) is 4.98 Å². The summed E-state index contributed by atoms with van der Waals surface area (Å²) in [7, 11) is 3.34. The van der Waals surface area contributed by atoms with Gasteiger partial charge in [-0.15, -0.1) is 0 Å². The van der Waals surface area contributed by atoms with Crippen molar-refractivity contribution in [2.75, 3.05) is 20.8 Å². The van der Waals surface area contributed by atoms with Crippen molar-refractivity contribution in [2.24, 2.45) is 0 Å². The van der Waals surface area contributed by atoms with E-state index in [0.29, 0.717) is 0 Å². The number of H-pyrrole nitrogens is 1. The van der Waals surface area contributed by atoms with E-state index >= 15 is 0 Å². The van der Waals surface area contributed by atoms with E-state index in [1.54, 1.807) is 33.1 Å². The summed E-state index contributed by atoms with van der Waals surface area (Å²) in [6, 6.07) is 7.98. The van der Waals surface area contributed by atoms with Crippen LogP contribution in [-0.2, 0) is 13.0 Å². The molecule has 0 bridgehead atoms. The molecule has 0 spiro atoms. The zero-order valence-corrected chi connectivity index (χ0v) is 14.4. The van der Waals surface area contributed by atoms with Crippen molar-refractivity contribution in [1.29, 1.82) is 0 Å². The van der Waals surface area contributed by atoms with Gasteiger partial charge in [-0.2, -0.15) is 0 Å². The lowest BCUT2D eigenvalue weighted by Gasteiger charge is -2.35. The molecule has 1 aromatic carbocycles. The summed E-state index contributed by atoms with van der Waals surface area (Å²) >= 11 is 0. The summed E-state index contributed by atoms with van der Waals surface area (Å²) < 4.78 is 16.4. The van der Waals surface area contributed by atoms with Crippen molar-refractivity contribution in [3.05, 3.63) is 65.6 Å². The second kappa shape index (κ2) is 6.64. The summed E-state index contributed by atoms with van der Waals surface area (Å²) in [5.74, 6) is 1.48. The number of benzene rings is 1. The molecular formula is C19H21N3O3. The molecule has 3 aromatic rings. The number of nitrogens with one attached hydrogen (secondary N) is 1. The highest BCUT2D eigenvalue weighted by molar-refractivity contribution is 5.51. The van der Waals surface area contributed by atoms with Crippen LogP contribution in [0.2, 0.25) is 0 Å². The lowest BCUT2D eigenvalue weighted by Crippen LogP contribution is -2.36. The molecule has 0 amide bonds. The molecule has 25 heavy (non-hydrogen) atoms. The molecule has 0 saturated heterocycles. The Balaban J connectivity index is 1.80. The molecule has 4 rings (SSSR count). The molecule has 0 aliphatic carbocycles. The predicted molar refractivity (Wildman–Crippen MR) is 92.8 cm³/mol. The first-order chi connectivity index (χ1) is 12.3. The Morgan fingerprint density at radius 3 is 2.96 bits per heavy atom. The Bertz CT molecular complexity index is 841. The van der Waals surface area contributed by atoms with Crippen LogP contribution in [0.4, 0.5) is 0 Å². The average Bonchev–Trinajstić information content (AvgIpc) is 3.32. The minimum Gasteiger partial charge on any atom is -0.493 e. The number of ether oxygens (including phenoxy) is 2. The number of aromatic nitrogens is 2. The van der Waals surface area contributed by atoms with Gasteiger partial charge in [0, 0.05) is 36.3 Å². The van der Waals surface area contributed by atoms with Crippen LogP contribution in [-0.4, -0.2) is 35.6 Å². The number of imidazole rings is 1. The second-order valence-electron chi connectivity index (χ2n) is 6.10. The maximum atomic E-state index is 5.69. The predicted octanol–water partition coefficient (Wildman–Crippen LogP) is 3.17. The third-order valence-electron chi connectivity index (χ3n) is 4.72. The Morgan fingerprint density at radius 1 is 1.28 bits per heavy atom. The van der Waals surface area contributed by atoms with Gasteiger partial charge in [0.15, 0.2) is 11.5 Å². The number of hydrogen-bond donors (Lipinski definition) is 1. The second-order valence-corrected chi connectivity index (χ2v) is 6.10. The maximum Gasteiger partial charge on any atom is 0.165 e. The van der Waals surface area contributed by atoms with Crippen LogP contribution in [0.25, 0.3) is 0 Å². The number of aromatic amines is 1. The first-order valence-electron chi connectivity index (χ1n) is 8.30. The highest BCUT2D eigenvalue weighted by atomic mass is 16.5. The lowest BCUT2D eigenvalue weighted by molar-refractivity contribution is 0.195. The summed E-state index contributed by atoms with van der Waals surface area (Å²) in [5.41, 5.74) is 4.42. The van der Waals surface area contributed by atoms with Crippen LogP contribution >= 0.6 is 0 Å². The topological polar surface area (TPSA) is 63.5 Å². The molecule has 0 saturated carbocycles. The molecule has 0 radical (unpaired) electrons. The molecule has 0 unspecified atom stereocenters. The van der Waals surface area contributed by atoms with Crippen LogP contribution in [0.3, 0.4) is 0 Å². The molecule has 1 aliphatic rings. The van der Waals surface area contributed by atoms with Crippen molar-refractivity contribution in [1.82, 2.24) is 14.9 Å². The van der Waals surface area contributed by atoms with Gasteiger partial charge in [0.1, 0.15) is 0 Å². The normalized spacial score (nSPS) is 17.3. The summed E-state index contributed by atoms with van der Waals surface area (Å²) in [6.07, 6.45) is 6.21. The third-order valence-corrected chi connectivity index (χ3v) is 4.72. The minimum atomic E-state index is -0.00468. The van der Waals surface area contributed by atoms with Gasteiger partial charge in [-0.3, -0.25) is 4.90 Å². The highest BCUT2D eigenvalue weighted by Crippen LogP contribution is 2.42. The molecule has 0 fully saturated rings. The van der Waals surface area contributed by atoms with Gasteiger partial charge in [0.05, 0.1) is 44.8 Å². The fourth-order valence-corrected chi connectivity index (χ4v) is 3.58. The number of methoxy groups -OCH3 is 2. The molecule has 6 nitrogen and oxygen atoms in total. The average molecular weight is 339 g/mol. The monoisotopic (exact) mass is 339 g/mol. The van der Waals surface area contributed by atoms with E-state index in [9.17, 15) is 0 Å². The van der Waals surface area contributed by atoms with Crippen molar-refractivity contribution in [3.8, 4) is 11.5 Å². The quantitative estimate of drug-likeness (QED) is 0.773. The number of furan rings is 1. The number of para-hydroxylation sites is 1. The van der Waals surface area contributed by atoms with E-state index in [-0.39, 0.29) is 6.04 Å². The first kappa shape index (κ1) is 15.8. The molecular weight excluding hydrogens is 318 g/mol. The van der Waals surface area contributed by atoms with Crippen LogP contribution in [0.1, 0.15) is 28.6 Å². The number of fused-ring (bicyclic) bond motifs is 1. The molecule has 130 valence electrons. The zero-order valence-electron chi connectivity index (χ0n) is 14.4. The standard InChI is InChI=1S/C19H21N3O3/c1-23-16-5-3-4-14(19(16)24-2)18-17-15(20-12-21-17)6-8-22(18)10-13-7-9-25-11-13/h3-5,7,9,11-12,18H,6,8,10H2,1-2H3,(H,20,21)/t18-/m1/s1. The van der Waals surface area contributed by atoms with Crippen LogP contribution in [0.15, 0.2) is 47.5 Å². The largest absolute Gasteiger partial charge is 0.493 e. The molecule has 3 heterocycles. The summed E-state index contributed by atoms with van der Waals surface area (Å²) in [4.78, 5) is 10.3. The van der Waals surface area contributed by atoms with E-state index in [4.69, 9.17) is 13.9 Å². The van der Waals surface area contributed by atoms with Crippen molar-refractivity contribution < 1.29 is 13.9 Å². The van der Waals surface area contributed by atoms with Gasteiger partial charge < -0.3 is 18.9 Å². The van der Waals surface area contributed by atoms with E-state index in [1.807, 2.05) is 18.2 Å². The lowest BCUT2D eigenvalue weighted by atomic mass is 9.94. The number of hydrogen-bond acceptors (Lipinski definition) is 5. The van der Waals surface area contributed by atoms with Crippen molar-refractivity contribution in [2.45, 2.75) is 19.0 Å². The highest BCUT2D eigenvalue weighted by Gasteiger charge is 2.33. The molecule has 2 aromatic heterocycles. The van der Waals surface area contributed by atoms with E-state index in [1.165, 1.54) is 5.69 Å². The number of rotatable bonds is 5. The summed E-state index contributed by atoms with van der Waals surface area (Å²) in [5, 5.41) is 0. The molecule has 1 N–H and O–H groups in total. The van der Waals surface area contributed by atoms with Crippen LogP contribution < -0.4 is 9.47 Å². The van der Waals surface area contributed by atoms with Gasteiger partial charge in [-0.05, 0) is 12.1 Å². The van der Waals surface area contributed by atoms with Gasteiger partial charge in [-0.1, -0.05) is 12.1 Å². The van der Waals surface area contributed by atoms with Crippen LogP contribution in [0, 0.1) is 0 Å². The van der Waals surface area contributed by atoms with Crippen LogP contribution in [0.5, 0.6) is 11.5 Å². The fourth-order valence-electron chi connectivity index (χ4n) is 3.58. The SMILES string of the molecule is COc1cccc([C@@H]2c3nc[nH]c3CCN2Cc2ccoc2)c1OC. The smallest absolute Gasteiger partial charge is 0.165 e. The van der Waals surface area contributed by atoms with E-state index < -0.39 is 0 Å². The van der Waals surface area contributed by atoms with Gasteiger partial charge >= 0.3 is 0 Å². The van der Waals surface area contributed by atoms with Crippen molar-refractivity contribution >= 4 is 0 Å². The third kappa shape index (κ3) is 2.78. The Kier molecular flexibility index (Phi) is 4.19. The summed E-state index contributed by atoms with van der Waals surface area (Å²) in [6.45, 7) is 1.71. The Labute approximate surface area is 146 Å². The fraction of sp³-hybridized carbons (Fsp3) is 0.316. The van der Waals surface area contributed by atoms with E-state index in [2.05, 4.69) is 20.9 Å². The maximum absolute atomic E-state index is 5.69. The molecule has 1 aliphatic heterocycles. The Morgan fingerprint density at radius 2 is 2.20 bits per heavy atom. The number of nitrogens with zero attached hydrogens (tertiary/aromatic N) is 2. The van der Waals surface area contributed by atoms with Crippen molar-refractivity contribution in [3.63, 3.8) is 0 Å². The van der Waals surface area contributed by atoms with E-state index in [0.717, 1.165) is 47.8 Å². The minimum absolute atomic E-state index is 0.00468.